The summed E-state index contributed by atoms with van der Waals surface area (Å²) in [5.41, 5.74) is 2.65. The van der Waals surface area contributed by atoms with E-state index in [0.717, 1.165) is 12.3 Å². The third-order valence-electron chi connectivity index (χ3n) is 2.79. The van der Waals surface area contributed by atoms with Gasteiger partial charge in [-0.05, 0) is 36.8 Å². The molecule has 0 radical (unpaired) electrons. The van der Waals surface area contributed by atoms with Gasteiger partial charge in [-0.3, -0.25) is 4.98 Å². The minimum Gasteiger partial charge on any atom is -0.261 e. The number of aromatic nitrogens is 1. The summed E-state index contributed by atoms with van der Waals surface area (Å²) in [7, 11) is 0. The molecule has 0 atom stereocenters. The smallest absolute Gasteiger partial charge is 0.0401 e. The highest BCUT2D eigenvalue weighted by Gasteiger charge is 2.19. The van der Waals surface area contributed by atoms with Gasteiger partial charge in [0.1, 0.15) is 0 Å². The van der Waals surface area contributed by atoms with Gasteiger partial charge in [-0.2, -0.15) is 0 Å². The molecule has 1 saturated carbocycles. The van der Waals surface area contributed by atoms with Crippen molar-refractivity contribution in [1.82, 2.24) is 4.98 Å². The molecule has 1 aromatic heterocycles. The van der Waals surface area contributed by atoms with Crippen LogP contribution in [-0.4, -0.2) is 4.98 Å². The molecule has 1 aliphatic rings. The van der Waals surface area contributed by atoms with Gasteiger partial charge in [-0.25, -0.2) is 0 Å². The van der Waals surface area contributed by atoms with E-state index in [4.69, 9.17) is 0 Å². The fourth-order valence-corrected chi connectivity index (χ4v) is 1.63. The highest BCUT2D eigenvalue weighted by Crippen LogP contribution is 2.35. The van der Waals surface area contributed by atoms with Gasteiger partial charge in [0.15, 0.2) is 0 Å². The summed E-state index contributed by atoms with van der Waals surface area (Å²) in [4.78, 5) is 4.40. The third-order valence-corrected chi connectivity index (χ3v) is 2.79. The van der Waals surface area contributed by atoms with E-state index in [9.17, 15) is 0 Å². The van der Waals surface area contributed by atoms with Crippen molar-refractivity contribution >= 4 is 0 Å². The van der Waals surface area contributed by atoms with Crippen LogP contribution in [0.3, 0.4) is 0 Å². The van der Waals surface area contributed by atoms with Crippen molar-refractivity contribution in [3.8, 4) is 0 Å². The van der Waals surface area contributed by atoms with Crippen LogP contribution in [0.5, 0.6) is 0 Å². The molecular formula is C11H15N. The van der Waals surface area contributed by atoms with Crippen LogP contribution >= 0.6 is 0 Å². The Morgan fingerprint density at radius 1 is 1.42 bits per heavy atom. The Balaban J connectivity index is 2.13. The second kappa shape index (κ2) is 3.26. The SMILES string of the molecule is CCc1ccc(C2CCC2)cn1. The molecule has 0 bridgehead atoms. The molecule has 64 valence electrons. The van der Waals surface area contributed by atoms with Gasteiger partial charge in [0.25, 0.3) is 0 Å². The van der Waals surface area contributed by atoms with Crippen LogP contribution in [0.4, 0.5) is 0 Å². The van der Waals surface area contributed by atoms with Gasteiger partial charge in [-0.15, -0.1) is 0 Å². The summed E-state index contributed by atoms with van der Waals surface area (Å²) < 4.78 is 0. The van der Waals surface area contributed by atoms with Crippen LogP contribution in [0.1, 0.15) is 43.4 Å². The quantitative estimate of drug-likeness (QED) is 0.650. The van der Waals surface area contributed by atoms with E-state index in [0.29, 0.717) is 0 Å². The minimum atomic E-state index is 0.823. The van der Waals surface area contributed by atoms with Crippen molar-refractivity contribution in [1.29, 1.82) is 0 Å². The lowest BCUT2D eigenvalue weighted by Crippen LogP contribution is -2.08. The molecule has 0 amide bonds. The number of nitrogens with zero attached hydrogens (tertiary/aromatic N) is 1. The fourth-order valence-electron chi connectivity index (χ4n) is 1.63. The van der Waals surface area contributed by atoms with Gasteiger partial charge < -0.3 is 0 Å². The molecule has 12 heavy (non-hydrogen) atoms. The Kier molecular flexibility index (Phi) is 2.11. The minimum absolute atomic E-state index is 0.823. The maximum atomic E-state index is 4.40. The van der Waals surface area contributed by atoms with Gasteiger partial charge in [0, 0.05) is 11.9 Å². The second-order valence-corrected chi connectivity index (χ2v) is 3.56. The predicted octanol–water partition coefficient (Wildman–Crippen LogP) is 2.91. The third kappa shape index (κ3) is 1.36. The highest BCUT2D eigenvalue weighted by atomic mass is 14.7. The normalized spacial score (nSPS) is 17.4. The van der Waals surface area contributed by atoms with Crippen molar-refractivity contribution in [2.45, 2.75) is 38.5 Å². The van der Waals surface area contributed by atoms with E-state index < -0.39 is 0 Å². The zero-order chi connectivity index (χ0) is 8.39. The van der Waals surface area contributed by atoms with Crippen LogP contribution in [0.15, 0.2) is 18.3 Å². The van der Waals surface area contributed by atoms with E-state index in [1.54, 1.807) is 0 Å². The predicted molar refractivity (Wildman–Crippen MR) is 50.2 cm³/mol. The van der Waals surface area contributed by atoms with E-state index >= 15 is 0 Å². The molecule has 0 spiro atoms. The summed E-state index contributed by atoms with van der Waals surface area (Å²) in [5, 5.41) is 0. The standard InChI is InChI=1S/C11H15N/c1-2-11-7-6-10(8-12-11)9-4-3-5-9/h6-9H,2-5H2,1H3. The Labute approximate surface area is 73.8 Å². The first kappa shape index (κ1) is 7.78. The molecule has 1 heteroatoms. The molecule has 0 N–H and O–H groups in total. The Morgan fingerprint density at radius 2 is 2.25 bits per heavy atom. The van der Waals surface area contributed by atoms with Gasteiger partial charge >= 0.3 is 0 Å². The first-order valence-corrected chi connectivity index (χ1v) is 4.85. The van der Waals surface area contributed by atoms with Crippen molar-refractivity contribution < 1.29 is 0 Å². The first-order valence-electron chi connectivity index (χ1n) is 4.85. The molecular weight excluding hydrogens is 146 g/mol. The van der Waals surface area contributed by atoms with Gasteiger partial charge in [0.05, 0.1) is 0 Å². The molecule has 0 aromatic carbocycles. The molecule has 1 nitrogen and oxygen atoms in total. The maximum absolute atomic E-state index is 4.40. The average molecular weight is 161 g/mol. The van der Waals surface area contributed by atoms with Crippen molar-refractivity contribution in [2.75, 3.05) is 0 Å². The van der Waals surface area contributed by atoms with Crippen LogP contribution in [0.25, 0.3) is 0 Å². The Morgan fingerprint density at radius 3 is 2.67 bits per heavy atom. The Hall–Kier alpha value is -0.850. The number of hydrogen-bond acceptors (Lipinski definition) is 1. The van der Waals surface area contributed by atoms with E-state index in [1.807, 2.05) is 0 Å². The zero-order valence-corrected chi connectivity index (χ0v) is 7.59. The van der Waals surface area contributed by atoms with E-state index in [1.165, 1.54) is 30.5 Å². The van der Waals surface area contributed by atoms with Crippen LogP contribution < -0.4 is 0 Å². The van der Waals surface area contributed by atoms with E-state index in [2.05, 4.69) is 30.2 Å². The number of aryl methyl sites for hydroxylation is 1. The largest absolute Gasteiger partial charge is 0.261 e. The monoisotopic (exact) mass is 161 g/mol. The fraction of sp³-hybridized carbons (Fsp3) is 0.545. The molecule has 2 rings (SSSR count). The highest BCUT2D eigenvalue weighted by molar-refractivity contribution is 5.19. The lowest BCUT2D eigenvalue weighted by Gasteiger charge is -2.25. The van der Waals surface area contributed by atoms with Gasteiger partial charge in [0.2, 0.25) is 0 Å². The molecule has 0 aliphatic heterocycles. The summed E-state index contributed by atoms with van der Waals surface area (Å²) in [6.07, 6.45) is 7.24. The lowest BCUT2D eigenvalue weighted by molar-refractivity contribution is 0.418. The summed E-state index contributed by atoms with van der Waals surface area (Å²) in [5.74, 6) is 0.823. The number of hydrogen-bond donors (Lipinski definition) is 0. The molecule has 1 aromatic rings. The van der Waals surface area contributed by atoms with Crippen LogP contribution in [-0.2, 0) is 6.42 Å². The maximum Gasteiger partial charge on any atom is 0.0401 e. The van der Waals surface area contributed by atoms with Crippen LogP contribution in [0, 0.1) is 0 Å². The van der Waals surface area contributed by atoms with Crippen molar-refractivity contribution in [3.05, 3.63) is 29.6 Å². The zero-order valence-electron chi connectivity index (χ0n) is 7.59. The molecule has 1 heterocycles. The topological polar surface area (TPSA) is 12.9 Å². The van der Waals surface area contributed by atoms with Crippen molar-refractivity contribution in [2.24, 2.45) is 0 Å². The second-order valence-electron chi connectivity index (χ2n) is 3.56. The first-order chi connectivity index (χ1) is 5.90. The summed E-state index contributed by atoms with van der Waals surface area (Å²) in [6, 6.07) is 4.41. The number of pyridine rings is 1. The molecule has 0 saturated heterocycles. The molecule has 0 unspecified atom stereocenters. The Bertz CT molecular complexity index is 246. The summed E-state index contributed by atoms with van der Waals surface area (Å²) >= 11 is 0. The molecule has 1 fully saturated rings. The van der Waals surface area contributed by atoms with E-state index in [-0.39, 0.29) is 0 Å². The lowest BCUT2D eigenvalue weighted by atomic mass is 9.81. The summed E-state index contributed by atoms with van der Waals surface area (Å²) in [6.45, 7) is 2.14. The average Bonchev–Trinajstić information content (AvgIpc) is 2.03. The van der Waals surface area contributed by atoms with Crippen molar-refractivity contribution in [3.63, 3.8) is 0 Å². The molecule has 1 aliphatic carbocycles. The van der Waals surface area contributed by atoms with Crippen LogP contribution in [0.2, 0.25) is 0 Å². The number of rotatable bonds is 2. The van der Waals surface area contributed by atoms with Gasteiger partial charge in [-0.1, -0.05) is 19.4 Å².